The zero-order valence-electron chi connectivity index (χ0n) is 9.24. The predicted octanol–water partition coefficient (Wildman–Crippen LogP) is 4.15. The Morgan fingerprint density at radius 2 is 1.56 bits per heavy atom. The minimum absolute atomic E-state index is 0.124. The highest BCUT2D eigenvalue weighted by Crippen LogP contribution is 2.28. The van der Waals surface area contributed by atoms with E-state index in [2.05, 4.69) is 10.2 Å². The predicted molar refractivity (Wildman–Crippen MR) is 72.0 cm³/mol. The Balaban J connectivity index is 2.01. The first-order valence-corrected chi connectivity index (χ1v) is 6.29. The highest BCUT2D eigenvalue weighted by atomic mass is 35.5. The van der Waals surface area contributed by atoms with E-state index in [4.69, 9.17) is 39.5 Å². The van der Waals surface area contributed by atoms with Crippen LogP contribution in [0.15, 0.2) is 30.3 Å². The van der Waals surface area contributed by atoms with E-state index >= 15 is 0 Å². The fraction of sp³-hybridized carbons (Fsp3) is 0.167. The topological polar surface area (TPSA) is 35.0 Å². The van der Waals surface area contributed by atoms with Gasteiger partial charge in [0.05, 0.1) is 18.2 Å². The molecule has 2 rings (SSSR count). The van der Waals surface area contributed by atoms with Crippen molar-refractivity contribution < 1.29 is 4.74 Å². The van der Waals surface area contributed by atoms with E-state index in [1.165, 1.54) is 0 Å². The molecule has 94 valence electrons. The second kappa shape index (κ2) is 6.34. The molecule has 6 heteroatoms. The maximum absolute atomic E-state index is 5.98. The van der Waals surface area contributed by atoms with Crippen LogP contribution in [-0.4, -0.2) is 10.2 Å². The Morgan fingerprint density at radius 3 is 2.28 bits per heavy atom. The second-order valence-electron chi connectivity index (χ2n) is 3.55. The summed E-state index contributed by atoms with van der Waals surface area (Å²) < 4.78 is 5.53. The number of ether oxygens (including phenoxy) is 1. The fourth-order valence-corrected chi connectivity index (χ4v) is 1.94. The number of benzene rings is 1. The van der Waals surface area contributed by atoms with Gasteiger partial charge in [0, 0.05) is 5.56 Å². The maximum Gasteiger partial charge on any atom is 0.170 e. The van der Waals surface area contributed by atoms with Gasteiger partial charge in [-0.2, -0.15) is 0 Å². The summed E-state index contributed by atoms with van der Waals surface area (Å²) in [7, 11) is 0. The van der Waals surface area contributed by atoms with Crippen LogP contribution in [0.25, 0.3) is 0 Å². The van der Waals surface area contributed by atoms with Crippen molar-refractivity contribution in [3.8, 4) is 0 Å². The summed E-state index contributed by atoms with van der Waals surface area (Å²) in [6.07, 6.45) is 0. The van der Waals surface area contributed by atoms with E-state index in [1.54, 1.807) is 0 Å². The van der Waals surface area contributed by atoms with E-state index in [0.717, 1.165) is 5.56 Å². The molecule has 0 unspecified atom stereocenters. The summed E-state index contributed by atoms with van der Waals surface area (Å²) >= 11 is 17.6. The molecule has 0 bridgehead atoms. The van der Waals surface area contributed by atoms with Crippen LogP contribution in [0.2, 0.25) is 15.3 Å². The number of halogens is 3. The molecule has 18 heavy (non-hydrogen) atoms. The normalized spacial score (nSPS) is 10.6. The van der Waals surface area contributed by atoms with Gasteiger partial charge in [0.25, 0.3) is 0 Å². The average Bonchev–Trinajstić information content (AvgIpc) is 2.39. The summed E-state index contributed by atoms with van der Waals surface area (Å²) in [6.45, 7) is 0.704. The zero-order valence-corrected chi connectivity index (χ0v) is 11.5. The molecule has 0 spiro atoms. The van der Waals surface area contributed by atoms with Gasteiger partial charge < -0.3 is 4.74 Å². The van der Waals surface area contributed by atoms with Gasteiger partial charge in [0.15, 0.2) is 10.3 Å². The minimum Gasteiger partial charge on any atom is -0.372 e. The van der Waals surface area contributed by atoms with Crippen molar-refractivity contribution >= 4 is 34.8 Å². The minimum atomic E-state index is 0.124. The SMILES string of the molecule is Clc1nnc(Cl)c(COCc2ccccc2)c1Cl. The summed E-state index contributed by atoms with van der Waals surface area (Å²) in [5.74, 6) is 0. The molecule has 0 aliphatic heterocycles. The van der Waals surface area contributed by atoms with Gasteiger partial charge in [-0.3, -0.25) is 0 Å². The molecule has 2 aromatic rings. The van der Waals surface area contributed by atoms with Crippen molar-refractivity contribution in [2.24, 2.45) is 0 Å². The first kappa shape index (κ1) is 13.6. The lowest BCUT2D eigenvalue weighted by Crippen LogP contribution is -1.99. The largest absolute Gasteiger partial charge is 0.372 e. The Hall–Kier alpha value is -0.870. The van der Waals surface area contributed by atoms with Crippen LogP contribution in [0.1, 0.15) is 11.1 Å². The molecule has 1 aromatic carbocycles. The summed E-state index contributed by atoms with van der Waals surface area (Å²) in [6, 6.07) is 9.79. The Bertz CT molecular complexity index is 534. The summed E-state index contributed by atoms with van der Waals surface area (Å²) in [4.78, 5) is 0. The Kier molecular flexibility index (Phi) is 4.78. The molecule has 0 aliphatic carbocycles. The van der Waals surface area contributed by atoms with E-state index in [9.17, 15) is 0 Å². The fourth-order valence-electron chi connectivity index (χ4n) is 1.38. The van der Waals surface area contributed by atoms with Crippen molar-refractivity contribution in [3.63, 3.8) is 0 Å². The Morgan fingerprint density at radius 1 is 0.889 bits per heavy atom. The van der Waals surface area contributed by atoms with Gasteiger partial charge in [0.2, 0.25) is 0 Å². The van der Waals surface area contributed by atoms with Crippen LogP contribution in [0.4, 0.5) is 0 Å². The molecule has 0 N–H and O–H groups in total. The second-order valence-corrected chi connectivity index (χ2v) is 4.65. The molecular weight excluding hydrogens is 295 g/mol. The van der Waals surface area contributed by atoms with Crippen LogP contribution >= 0.6 is 34.8 Å². The monoisotopic (exact) mass is 302 g/mol. The van der Waals surface area contributed by atoms with Crippen LogP contribution in [0, 0.1) is 0 Å². The van der Waals surface area contributed by atoms with Crippen molar-refractivity contribution in [2.45, 2.75) is 13.2 Å². The molecule has 1 aromatic heterocycles. The first-order chi connectivity index (χ1) is 8.68. The Labute approximate surface area is 120 Å². The van der Waals surface area contributed by atoms with Crippen molar-refractivity contribution in [3.05, 3.63) is 56.8 Å². The van der Waals surface area contributed by atoms with Gasteiger partial charge in [0.1, 0.15) is 0 Å². The van der Waals surface area contributed by atoms with Crippen molar-refractivity contribution in [2.75, 3.05) is 0 Å². The van der Waals surface area contributed by atoms with E-state index in [1.807, 2.05) is 30.3 Å². The lowest BCUT2D eigenvalue weighted by molar-refractivity contribution is 0.107. The molecule has 0 saturated heterocycles. The molecule has 1 heterocycles. The van der Waals surface area contributed by atoms with Gasteiger partial charge in [-0.1, -0.05) is 65.1 Å². The molecular formula is C12H9Cl3N2O. The zero-order chi connectivity index (χ0) is 13.0. The summed E-state index contributed by atoms with van der Waals surface area (Å²) in [5, 5.41) is 7.90. The van der Waals surface area contributed by atoms with Gasteiger partial charge >= 0.3 is 0 Å². The van der Waals surface area contributed by atoms with Crippen LogP contribution in [0.3, 0.4) is 0 Å². The lowest BCUT2D eigenvalue weighted by atomic mass is 10.2. The number of rotatable bonds is 4. The molecule has 0 fully saturated rings. The van der Waals surface area contributed by atoms with Gasteiger partial charge in [-0.05, 0) is 5.56 Å². The third kappa shape index (κ3) is 3.33. The molecule has 0 aliphatic rings. The van der Waals surface area contributed by atoms with Crippen LogP contribution < -0.4 is 0 Å². The van der Waals surface area contributed by atoms with Crippen molar-refractivity contribution in [1.82, 2.24) is 10.2 Å². The standard InChI is InChI=1S/C12H9Cl3N2O/c13-10-9(11(14)16-17-12(10)15)7-18-6-8-4-2-1-3-5-8/h1-5H,6-7H2. The molecule has 0 amide bonds. The molecule has 0 radical (unpaired) electrons. The summed E-state index contributed by atoms with van der Waals surface area (Å²) in [5.41, 5.74) is 1.62. The number of hydrogen-bond acceptors (Lipinski definition) is 3. The maximum atomic E-state index is 5.98. The van der Waals surface area contributed by atoms with E-state index < -0.39 is 0 Å². The third-order valence-electron chi connectivity index (χ3n) is 2.28. The van der Waals surface area contributed by atoms with Crippen LogP contribution in [-0.2, 0) is 18.0 Å². The van der Waals surface area contributed by atoms with Crippen molar-refractivity contribution in [1.29, 1.82) is 0 Å². The highest BCUT2D eigenvalue weighted by Gasteiger charge is 2.12. The molecule has 0 atom stereocenters. The van der Waals surface area contributed by atoms with E-state index in [-0.39, 0.29) is 21.9 Å². The number of aromatic nitrogens is 2. The lowest BCUT2D eigenvalue weighted by Gasteiger charge is -2.07. The average molecular weight is 304 g/mol. The van der Waals surface area contributed by atoms with E-state index in [0.29, 0.717) is 12.2 Å². The third-order valence-corrected chi connectivity index (χ3v) is 3.35. The highest BCUT2D eigenvalue weighted by molar-refractivity contribution is 6.42. The smallest absolute Gasteiger partial charge is 0.170 e. The van der Waals surface area contributed by atoms with Gasteiger partial charge in [-0.15, -0.1) is 10.2 Å². The molecule has 0 saturated carbocycles. The quantitative estimate of drug-likeness (QED) is 0.851. The van der Waals surface area contributed by atoms with Gasteiger partial charge in [-0.25, -0.2) is 0 Å². The molecule has 3 nitrogen and oxygen atoms in total. The van der Waals surface area contributed by atoms with Crippen LogP contribution in [0.5, 0.6) is 0 Å². The number of hydrogen-bond donors (Lipinski definition) is 0. The number of nitrogens with zero attached hydrogens (tertiary/aromatic N) is 2. The first-order valence-electron chi connectivity index (χ1n) is 5.16.